The smallest absolute Gasteiger partial charge is 0.165 e. The fraction of sp³-hybridized carbons (Fsp3) is 0.500. The molecule has 0 amide bonds. The molecule has 0 aliphatic carbocycles. The molecule has 0 saturated carbocycles. The standard InChI is InChI=1S/C10H15ClN2O/c1-8(2)6-7-12-10-5-3-4-9(11)13(10)14/h3-5,8,14H,6-7H2,1-2H3. The van der Waals surface area contributed by atoms with Crippen LogP contribution in [0, 0.1) is 5.92 Å². The molecule has 0 fully saturated rings. The summed E-state index contributed by atoms with van der Waals surface area (Å²) in [6.07, 6.45) is 1.01. The van der Waals surface area contributed by atoms with E-state index >= 15 is 0 Å². The first-order valence-corrected chi connectivity index (χ1v) is 5.06. The molecule has 0 aliphatic heterocycles. The van der Waals surface area contributed by atoms with Crippen molar-refractivity contribution in [2.24, 2.45) is 10.9 Å². The SMILES string of the molecule is CC(C)CCN=c1cccc(Cl)n1O. The number of halogens is 1. The first-order valence-electron chi connectivity index (χ1n) is 4.68. The van der Waals surface area contributed by atoms with Crippen molar-refractivity contribution in [2.45, 2.75) is 20.3 Å². The molecule has 78 valence electrons. The zero-order valence-electron chi connectivity index (χ0n) is 8.44. The van der Waals surface area contributed by atoms with Crippen molar-refractivity contribution < 1.29 is 5.21 Å². The Morgan fingerprint density at radius 1 is 1.50 bits per heavy atom. The Kier molecular flexibility index (Phi) is 4.01. The van der Waals surface area contributed by atoms with E-state index in [1.54, 1.807) is 18.2 Å². The second-order valence-electron chi connectivity index (χ2n) is 3.58. The number of aromatic nitrogens is 1. The summed E-state index contributed by atoms with van der Waals surface area (Å²) in [5, 5.41) is 9.73. The van der Waals surface area contributed by atoms with Crippen molar-refractivity contribution in [3.05, 3.63) is 28.8 Å². The largest absolute Gasteiger partial charge is 0.426 e. The Bertz CT molecular complexity index is 357. The van der Waals surface area contributed by atoms with Gasteiger partial charge in [-0.15, -0.1) is 0 Å². The maximum absolute atomic E-state index is 9.45. The Balaban J connectivity index is 2.79. The molecule has 14 heavy (non-hydrogen) atoms. The quantitative estimate of drug-likeness (QED) is 0.609. The monoisotopic (exact) mass is 214 g/mol. The van der Waals surface area contributed by atoms with Gasteiger partial charge in [-0.25, -0.2) is 0 Å². The summed E-state index contributed by atoms with van der Waals surface area (Å²) >= 11 is 5.71. The van der Waals surface area contributed by atoms with Gasteiger partial charge < -0.3 is 5.21 Å². The third kappa shape index (κ3) is 3.07. The lowest BCUT2D eigenvalue weighted by molar-refractivity contribution is 0.172. The fourth-order valence-electron chi connectivity index (χ4n) is 1.02. The highest BCUT2D eigenvalue weighted by molar-refractivity contribution is 6.29. The normalized spacial score (nSPS) is 12.4. The molecule has 0 aliphatic rings. The Morgan fingerprint density at radius 3 is 2.86 bits per heavy atom. The van der Waals surface area contributed by atoms with E-state index in [1.165, 1.54) is 0 Å². The van der Waals surface area contributed by atoms with Crippen LogP contribution in [0.5, 0.6) is 0 Å². The topological polar surface area (TPSA) is 37.5 Å². The third-order valence-electron chi connectivity index (χ3n) is 1.88. The minimum atomic E-state index is 0.274. The minimum Gasteiger partial charge on any atom is -0.426 e. The molecule has 1 heterocycles. The fourth-order valence-corrected chi connectivity index (χ4v) is 1.18. The maximum Gasteiger partial charge on any atom is 0.165 e. The van der Waals surface area contributed by atoms with Gasteiger partial charge in [-0.2, -0.15) is 4.73 Å². The first-order chi connectivity index (χ1) is 6.61. The van der Waals surface area contributed by atoms with Gasteiger partial charge in [0.15, 0.2) is 5.49 Å². The summed E-state index contributed by atoms with van der Waals surface area (Å²) in [5.74, 6) is 0.616. The predicted molar refractivity (Wildman–Crippen MR) is 56.5 cm³/mol. The highest BCUT2D eigenvalue weighted by Crippen LogP contribution is 2.01. The van der Waals surface area contributed by atoms with Crippen LogP contribution in [-0.4, -0.2) is 16.5 Å². The summed E-state index contributed by atoms with van der Waals surface area (Å²) < 4.78 is 0.891. The molecule has 3 nitrogen and oxygen atoms in total. The molecule has 0 spiro atoms. The van der Waals surface area contributed by atoms with Crippen LogP contribution in [0.3, 0.4) is 0 Å². The number of pyridine rings is 1. The second kappa shape index (κ2) is 5.05. The van der Waals surface area contributed by atoms with E-state index in [1.807, 2.05) is 0 Å². The van der Waals surface area contributed by atoms with E-state index in [4.69, 9.17) is 11.6 Å². The van der Waals surface area contributed by atoms with Crippen molar-refractivity contribution in [1.29, 1.82) is 0 Å². The zero-order chi connectivity index (χ0) is 10.6. The van der Waals surface area contributed by atoms with Crippen LogP contribution in [0.1, 0.15) is 20.3 Å². The van der Waals surface area contributed by atoms with E-state index in [-0.39, 0.29) is 5.15 Å². The molecule has 0 aromatic carbocycles. The van der Waals surface area contributed by atoms with E-state index in [9.17, 15) is 5.21 Å². The van der Waals surface area contributed by atoms with Crippen molar-refractivity contribution in [3.63, 3.8) is 0 Å². The lowest BCUT2D eigenvalue weighted by atomic mass is 10.1. The third-order valence-corrected chi connectivity index (χ3v) is 2.16. The van der Waals surface area contributed by atoms with E-state index in [0.29, 0.717) is 18.0 Å². The molecule has 4 heteroatoms. The summed E-state index contributed by atoms with van der Waals surface area (Å²) in [7, 11) is 0. The number of hydrogen-bond acceptors (Lipinski definition) is 2. The first kappa shape index (κ1) is 11.1. The Morgan fingerprint density at radius 2 is 2.21 bits per heavy atom. The van der Waals surface area contributed by atoms with E-state index in [2.05, 4.69) is 18.8 Å². The molecular weight excluding hydrogens is 200 g/mol. The summed E-state index contributed by atoms with van der Waals surface area (Å²) in [6, 6.07) is 5.11. The van der Waals surface area contributed by atoms with Crippen LogP contribution in [0.25, 0.3) is 0 Å². The zero-order valence-corrected chi connectivity index (χ0v) is 9.20. The van der Waals surface area contributed by atoms with E-state index in [0.717, 1.165) is 11.2 Å². The molecule has 1 rings (SSSR count). The van der Waals surface area contributed by atoms with Gasteiger partial charge in [-0.05, 0) is 24.5 Å². The number of nitrogens with zero attached hydrogens (tertiary/aromatic N) is 2. The van der Waals surface area contributed by atoms with Crippen LogP contribution < -0.4 is 5.49 Å². The van der Waals surface area contributed by atoms with Crippen molar-refractivity contribution >= 4 is 11.6 Å². The molecule has 0 radical (unpaired) electrons. The van der Waals surface area contributed by atoms with Crippen LogP contribution in [-0.2, 0) is 0 Å². The lowest BCUT2D eigenvalue weighted by Crippen LogP contribution is -2.19. The van der Waals surface area contributed by atoms with Gasteiger partial charge in [-0.3, -0.25) is 4.99 Å². The molecule has 1 aromatic rings. The maximum atomic E-state index is 9.45. The van der Waals surface area contributed by atoms with E-state index < -0.39 is 0 Å². The van der Waals surface area contributed by atoms with Crippen LogP contribution in [0.2, 0.25) is 5.15 Å². The predicted octanol–water partition coefficient (Wildman–Crippen LogP) is 2.33. The van der Waals surface area contributed by atoms with Gasteiger partial charge >= 0.3 is 0 Å². The minimum absolute atomic E-state index is 0.274. The average Bonchev–Trinajstić information content (AvgIpc) is 2.12. The average molecular weight is 215 g/mol. The van der Waals surface area contributed by atoms with Crippen LogP contribution in [0.4, 0.5) is 0 Å². The van der Waals surface area contributed by atoms with Crippen molar-refractivity contribution in [3.8, 4) is 0 Å². The molecule has 0 bridgehead atoms. The van der Waals surface area contributed by atoms with Gasteiger partial charge in [-0.1, -0.05) is 31.5 Å². The number of hydrogen-bond donors (Lipinski definition) is 1. The molecular formula is C10H15ClN2O. The molecule has 0 saturated heterocycles. The van der Waals surface area contributed by atoms with Gasteiger partial charge in [0, 0.05) is 6.54 Å². The van der Waals surface area contributed by atoms with Gasteiger partial charge in [0.25, 0.3) is 0 Å². The molecule has 0 atom stereocenters. The molecule has 1 N–H and O–H groups in total. The van der Waals surface area contributed by atoms with Gasteiger partial charge in [0.1, 0.15) is 5.15 Å². The summed E-state index contributed by atoms with van der Waals surface area (Å²) in [6.45, 7) is 4.99. The van der Waals surface area contributed by atoms with Crippen LogP contribution in [0.15, 0.2) is 23.2 Å². The highest BCUT2D eigenvalue weighted by Gasteiger charge is 1.96. The summed E-state index contributed by atoms with van der Waals surface area (Å²) in [4.78, 5) is 4.24. The Labute approximate surface area is 88.6 Å². The van der Waals surface area contributed by atoms with Crippen LogP contribution >= 0.6 is 11.6 Å². The van der Waals surface area contributed by atoms with Gasteiger partial charge in [0.05, 0.1) is 0 Å². The van der Waals surface area contributed by atoms with Gasteiger partial charge in [0.2, 0.25) is 0 Å². The van der Waals surface area contributed by atoms with Crippen molar-refractivity contribution in [2.75, 3.05) is 6.54 Å². The summed E-state index contributed by atoms with van der Waals surface area (Å²) in [5.41, 5.74) is 0.498. The highest BCUT2D eigenvalue weighted by atomic mass is 35.5. The molecule has 1 aromatic heterocycles. The number of rotatable bonds is 3. The van der Waals surface area contributed by atoms with Crippen molar-refractivity contribution in [1.82, 2.24) is 4.73 Å². The lowest BCUT2D eigenvalue weighted by Gasteiger charge is -2.02. The molecule has 0 unspecified atom stereocenters. The Hall–Kier alpha value is -0.960. The second-order valence-corrected chi connectivity index (χ2v) is 3.97.